The van der Waals surface area contributed by atoms with Gasteiger partial charge in [0.25, 0.3) is 0 Å². The molecule has 0 radical (unpaired) electrons. The van der Waals surface area contributed by atoms with E-state index in [0.29, 0.717) is 11.7 Å². The standard InChI is InChI=1S/C10H16N4/c1-14-5-3-2-4-10(14)9-6-8(11)7-12-13-9/h6-7,10H,2-5H2,1H3,(H2,11,13). The van der Waals surface area contributed by atoms with Crippen LogP contribution in [0, 0.1) is 0 Å². The second-order valence-electron chi connectivity index (χ2n) is 3.91. The highest BCUT2D eigenvalue weighted by atomic mass is 15.2. The summed E-state index contributed by atoms with van der Waals surface area (Å²) in [6.45, 7) is 1.14. The number of nitrogen functional groups attached to an aromatic ring is 1. The highest BCUT2D eigenvalue weighted by molar-refractivity contribution is 5.35. The summed E-state index contributed by atoms with van der Waals surface area (Å²) < 4.78 is 0. The van der Waals surface area contributed by atoms with Gasteiger partial charge in [0.05, 0.1) is 23.6 Å². The third-order valence-electron chi connectivity index (χ3n) is 2.81. The van der Waals surface area contributed by atoms with E-state index in [-0.39, 0.29) is 0 Å². The van der Waals surface area contributed by atoms with Gasteiger partial charge in [0.2, 0.25) is 0 Å². The highest BCUT2D eigenvalue weighted by Crippen LogP contribution is 2.28. The molecule has 0 amide bonds. The third-order valence-corrected chi connectivity index (χ3v) is 2.81. The molecule has 1 aliphatic rings. The molecule has 2 heterocycles. The Morgan fingerprint density at radius 3 is 3.07 bits per heavy atom. The van der Waals surface area contributed by atoms with Gasteiger partial charge in [-0.2, -0.15) is 10.2 Å². The second-order valence-corrected chi connectivity index (χ2v) is 3.91. The van der Waals surface area contributed by atoms with Crippen LogP contribution in [0.2, 0.25) is 0 Å². The van der Waals surface area contributed by atoms with E-state index in [4.69, 9.17) is 5.73 Å². The Morgan fingerprint density at radius 1 is 1.50 bits per heavy atom. The molecule has 1 aromatic heterocycles. The van der Waals surface area contributed by atoms with Crippen LogP contribution in [0.3, 0.4) is 0 Å². The molecule has 1 aromatic rings. The molecule has 2 N–H and O–H groups in total. The smallest absolute Gasteiger partial charge is 0.0823 e. The van der Waals surface area contributed by atoms with Gasteiger partial charge in [-0.1, -0.05) is 6.42 Å². The molecular formula is C10H16N4. The second kappa shape index (κ2) is 3.92. The molecule has 0 spiro atoms. The van der Waals surface area contributed by atoms with Gasteiger partial charge in [-0.05, 0) is 32.5 Å². The minimum Gasteiger partial charge on any atom is -0.397 e. The fourth-order valence-corrected chi connectivity index (χ4v) is 2.01. The van der Waals surface area contributed by atoms with E-state index >= 15 is 0 Å². The Hall–Kier alpha value is -1.16. The predicted molar refractivity (Wildman–Crippen MR) is 55.7 cm³/mol. The largest absolute Gasteiger partial charge is 0.397 e. The highest BCUT2D eigenvalue weighted by Gasteiger charge is 2.21. The number of aromatic nitrogens is 2. The van der Waals surface area contributed by atoms with Gasteiger partial charge in [0.1, 0.15) is 0 Å². The SMILES string of the molecule is CN1CCCCC1c1cc(N)cnn1. The fraction of sp³-hybridized carbons (Fsp3) is 0.600. The van der Waals surface area contributed by atoms with Gasteiger partial charge >= 0.3 is 0 Å². The Balaban J connectivity index is 2.20. The van der Waals surface area contributed by atoms with Crippen LogP contribution >= 0.6 is 0 Å². The summed E-state index contributed by atoms with van der Waals surface area (Å²) in [7, 11) is 2.13. The molecule has 76 valence electrons. The summed E-state index contributed by atoms with van der Waals surface area (Å²) in [6.07, 6.45) is 5.30. The average Bonchev–Trinajstić information content (AvgIpc) is 2.18. The van der Waals surface area contributed by atoms with E-state index in [1.54, 1.807) is 6.20 Å². The van der Waals surface area contributed by atoms with Crippen LogP contribution in [0.1, 0.15) is 31.0 Å². The van der Waals surface area contributed by atoms with Crippen LogP contribution in [-0.2, 0) is 0 Å². The lowest BCUT2D eigenvalue weighted by Gasteiger charge is -2.31. The predicted octanol–water partition coefficient (Wildman–Crippen LogP) is 1.22. The van der Waals surface area contributed by atoms with Gasteiger partial charge in [-0.3, -0.25) is 4.90 Å². The molecular weight excluding hydrogens is 176 g/mol. The van der Waals surface area contributed by atoms with Crippen molar-refractivity contribution in [2.24, 2.45) is 0 Å². The lowest BCUT2D eigenvalue weighted by atomic mass is 10.00. The fourth-order valence-electron chi connectivity index (χ4n) is 2.01. The van der Waals surface area contributed by atoms with Gasteiger partial charge in [0, 0.05) is 0 Å². The van der Waals surface area contributed by atoms with Crippen molar-refractivity contribution in [1.82, 2.24) is 15.1 Å². The third kappa shape index (κ3) is 1.85. The molecule has 1 fully saturated rings. The Labute approximate surface area is 84.1 Å². The van der Waals surface area contributed by atoms with Crippen molar-refractivity contribution in [3.8, 4) is 0 Å². The Morgan fingerprint density at radius 2 is 2.36 bits per heavy atom. The monoisotopic (exact) mass is 192 g/mol. The van der Waals surface area contributed by atoms with E-state index in [9.17, 15) is 0 Å². The molecule has 0 saturated carbocycles. The molecule has 1 saturated heterocycles. The minimum absolute atomic E-state index is 0.403. The topological polar surface area (TPSA) is 55.0 Å². The number of nitrogens with zero attached hydrogens (tertiary/aromatic N) is 3. The Kier molecular flexibility index (Phi) is 2.63. The van der Waals surface area contributed by atoms with Crippen molar-refractivity contribution in [2.75, 3.05) is 19.3 Å². The molecule has 1 aliphatic heterocycles. The average molecular weight is 192 g/mol. The van der Waals surface area contributed by atoms with E-state index in [1.165, 1.54) is 12.8 Å². The zero-order chi connectivity index (χ0) is 9.97. The molecule has 0 aliphatic carbocycles. The summed E-state index contributed by atoms with van der Waals surface area (Å²) in [6, 6.07) is 2.33. The first-order chi connectivity index (χ1) is 6.77. The number of likely N-dealkylation sites (tertiary alicyclic amines) is 1. The van der Waals surface area contributed by atoms with Crippen molar-refractivity contribution >= 4 is 5.69 Å². The Bertz CT molecular complexity index is 313. The summed E-state index contributed by atoms with van der Waals surface area (Å²) in [5.41, 5.74) is 7.40. The summed E-state index contributed by atoms with van der Waals surface area (Å²) >= 11 is 0. The van der Waals surface area contributed by atoms with Crippen molar-refractivity contribution in [3.63, 3.8) is 0 Å². The molecule has 4 heteroatoms. The van der Waals surface area contributed by atoms with Gasteiger partial charge in [-0.15, -0.1) is 0 Å². The molecule has 2 rings (SSSR count). The lowest BCUT2D eigenvalue weighted by Crippen LogP contribution is -2.30. The maximum absolute atomic E-state index is 5.69. The number of piperidine rings is 1. The van der Waals surface area contributed by atoms with E-state index in [1.807, 2.05) is 6.07 Å². The van der Waals surface area contributed by atoms with E-state index in [2.05, 4.69) is 22.1 Å². The van der Waals surface area contributed by atoms with Crippen LogP contribution in [0.5, 0.6) is 0 Å². The van der Waals surface area contributed by atoms with Crippen molar-refractivity contribution in [2.45, 2.75) is 25.3 Å². The number of hydrogen-bond donors (Lipinski definition) is 1. The first-order valence-corrected chi connectivity index (χ1v) is 5.06. The van der Waals surface area contributed by atoms with Gasteiger partial charge in [-0.25, -0.2) is 0 Å². The van der Waals surface area contributed by atoms with E-state index in [0.717, 1.165) is 18.7 Å². The summed E-state index contributed by atoms with van der Waals surface area (Å²) in [5.74, 6) is 0. The molecule has 1 unspecified atom stereocenters. The van der Waals surface area contributed by atoms with Crippen LogP contribution in [0.4, 0.5) is 5.69 Å². The zero-order valence-corrected chi connectivity index (χ0v) is 8.48. The van der Waals surface area contributed by atoms with Crippen molar-refractivity contribution < 1.29 is 0 Å². The van der Waals surface area contributed by atoms with Crippen molar-refractivity contribution in [3.05, 3.63) is 18.0 Å². The molecule has 4 nitrogen and oxygen atoms in total. The maximum Gasteiger partial charge on any atom is 0.0823 e. The van der Waals surface area contributed by atoms with Gasteiger partial charge in [0.15, 0.2) is 0 Å². The molecule has 1 atom stereocenters. The molecule has 14 heavy (non-hydrogen) atoms. The van der Waals surface area contributed by atoms with Crippen LogP contribution in [-0.4, -0.2) is 28.7 Å². The normalized spacial score (nSPS) is 23.6. The minimum atomic E-state index is 0.403. The number of hydrogen-bond acceptors (Lipinski definition) is 4. The zero-order valence-electron chi connectivity index (χ0n) is 8.48. The van der Waals surface area contributed by atoms with E-state index < -0.39 is 0 Å². The molecule has 0 bridgehead atoms. The van der Waals surface area contributed by atoms with Crippen LogP contribution < -0.4 is 5.73 Å². The van der Waals surface area contributed by atoms with Crippen LogP contribution in [0.25, 0.3) is 0 Å². The summed E-state index contributed by atoms with van der Waals surface area (Å²) in [4.78, 5) is 2.33. The molecule has 0 aromatic carbocycles. The number of nitrogens with two attached hydrogens (primary N) is 1. The lowest BCUT2D eigenvalue weighted by molar-refractivity contribution is 0.182. The van der Waals surface area contributed by atoms with Gasteiger partial charge < -0.3 is 5.73 Å². The number of rotatable bonds is 1. The first kappa shape index (κ1) is 9.40. The number of anilines is 1. The maximum atomic E-state index is 5.69. The quantitative estimate of drug-likeness (QED) is 0.726. The van der Waals surface area contributed by atoms with Crippen molar-refractivity contribution in [1.29, 1.82) is 0 Å². The summed E-state index contributed by atoms with van der Waals surface area (Å²) in [5, 5.41) is 8.03. The van der Waals surface area contributed by atoms with Crippen LogP contribution in [0.15, 0.2) is 12.3 Å². The first-order valence-electron chi connectivity index (χ1n) is 5.06.